The summed E-state index contributed by atoms with van der Waals surface area (Å²) < 4.78 is 5.15. The van der Waals surface area contributed by atoms with E-state index in [0.29, 0.717) is 0 Å². The van der Waals surface area contributed by atoms with Crippen LogP contribution >= 0.6 is 24.8 Å². The average molecular weight is 254 g/mol. The van der Waals surface area contributed by atoms with Gasteiger partial charge in [-0.1, -0.05) is 0 Å². The van der Waals surface area contributed by atoms with Crippen molar-refractivity contribution in [2.75, 3.05) is 26.2 Å². The number of aromatic nitrogens is 1. The highest BCUT2D eigenvalue weighted by molar-refractivity contribution is 5.85. The second-order valence-electron chi connectivity index (χ2n) is 3.38. The summed E-state index contributed by atoms with van der Waals surface area (Å²) in [5, 5.41) is 3.32. The molecule has 1 aromatic rings. The molecule has 15 heavy (non-hydrogen) atoms. The minimum absolute atomic E-state index is 0. The van der Waals surface area contributed by atoms with Crippen LogP contribution in [0.4, 0.5) is 0 Å². The first-order valence-corrected chi connectivity index (χ1v) is 4.68. The number of aryl methyl sites for hydroxylation is 1. The zero-order valence-electron chi connectivity index (χ0n) is 8.73. The maximum atomic E-state index is 5.15. The highest BCUT2D eigenvalue weighted by Crippen LogP contribution is 2.08. The summed E-state index contributed by atoms with van der Waals surface area (Å²) in [5.41, 5.74) is 1.07. The largest absolute Gasteiger partial charge is 0.448 e. The Kier molecular flexibility index (Phi) is 6.92. The molecule has 0 saturated carbocycles. The third kappa shape index (κ3) is 3.99. The van der Waals surface area contributed by atoms with Crippen LogP contribution in [0.25, 0.3) is 0 Å². The van der Waals surface area contributed by atoms with E-state index >= 15 is 0 Å². The van der Waals surface area contributed by atoms with Crippen molar-refractivity contribution in [3.05, 3.63) is 17.8 Å². The van der Waals surface area contributed by atoms with E-state index < -0.39 is 0 Å². The molecule has 2 rings (SSSR count). The zero-order valence-corrected chi connectivity index (χ0v) is 10.4. The van der Waals surface area contributed by atoms with Gasteiger partial charge in [0.1, 0.15) is 5.76 Å². The predicted molar refractivity (Wildman–Crippen MR) is 63.9 cm³/mol. The Balaban J connectivity index is 0.000000980. The molecule has 0 radical (unpaired) electrons. The number of hydrogen-bond donors (Lipinski definition) is 1. The Morgan fingerprint density at radius 2 is 2.07 bits per heavy atom. The van der Waals surface area contributed by atoms with Gasteiger partial charge in [0.2, 0.25) is 0 Å². The lowest BCUT2D eigenvalue weighted by Crippen LogP contribution is -2.43. The lowest BCUT2D eigenvalue weighted by molar-refractivity contribution is 0.230. The van der Waals surface area contributed by atoms with Gasteiger partial charge in [-0.15, -0.1) is 24.8 Å². The minimum atomic E-state index is 0. The topological polar surface area (TPSA) is 41.3 Å². The molecule has 0 atom stereocenters. The number of hydrogen-bond acceptors (Lipinski definition) is 4. The Labute approximate surface area is 102 Å². The van der Waals surface area contributed by atoms with Gasteiger partial charge >= 0.3 is 0 Å². The molecular formula is C9H17Cl2N3O. The maximum absolute atomic E-state index is 5.15. The van der Waals surface area contributed by atoms with Crippen LogP contribution < -0.4 is 5.32 Å². The van der Waals surface area contributed by atoms with E-state index in [1.165, 1.54) is 6.39 Å². The summed E-state index contributed by atoms with van der Waals surface area (Å²) in [6, 6.07) is 0. The molecule has 0 spiro atoms. The Bertz CT molecular complexity index is 274. The molecule has 0 unspecified atom stereocenters. The number of nitrogens with one attached hydrogen (secondary N) is 1. The molecule has 2 heterocycles. The van der Waals surface area contributed by atoms with Crippen molar-refractivity contribution in [2.24, 2.45) is 0 Å². The maximum Gasteiger partial charge on any atom is 0.181 e. The molecule has 6 heteroatoms. The van der Waals surface area contributed by atoms with Crippen LogP contribution in [-0.2, 0) is 6.54 Å². The highest BCUT2D eigenvalue weighted by atomic mass is 35.5. The molecule has 88 valence electrons. The second kappa shape index (κ2) is 7.06. The van der Waals surface area contributed by atoms with E-state index in [4.69, 9.17) is 4.42 Å². The molecule has 1 fully saturated rings. The molecule has 1 saturated heterocycles. The van der Waals surface area contributed by atoms with Gasteiger partial charge in [0.15, 0.2) is 6.39 Å². The van der Waals surface area contributed by atoms with Gasteiger partial charge < -0.3 is 9.73 Å². The number of halogens is 2. The van der Waals surface area contributed by atoms with Gasteiger partial charge in [0.25, 0.3) is 0 Å². The van der Waals surface area contributed by atoms with Gasteiger partial charge in [0.05, 0.1) is 5.69 Å². The zero-order chi connectivity index (χ0) is 9.10. The Hall–Kier alpha value is -0.290. The molecule has 1 aliphatic rings. The summed E-state index contributed by atoms with van der Waals surface area (Å²) in [6.45, 7) is 7.25. The minimum Gasteiger partial charge on any atom is -0.448 e. The molecule has 1 aromatic heterocycles. The summed E-state index contributed by atoms with van der Waals surface area (Å²) >= 11 is 0. The lowest BCUT2D eigenvalue weighted by Gasteiger charge is -2.26. The molecule has 4 nitrogen and oxygen atoms in total. The molecule has 1 N–H and O–H groups in total. The first kappa shape index (κ1) is 14.7. The normalized spacial score (nSPS) is 16.6. The third-order valence-corrected chi connectivity index (χ3v) is 2.43. The monoisotopic (exact) mass is 253 g/mol. The summed E-state index contributed by atoms with van der Waals surface area (Å²) in [6.07, 6.45) is 1.52. The van der Waals surface area contributed by atoms with Crippen molar-refractivity contribution >= 4 is 24.8 Å². The molecule has 0 amide bonds. The van der Waals surface area contributed by atoms with Crippen molar-refractivity contribution < 1.29 is 4.42 Å². The Morgan fingerprint density at radius 3 is 2.60 bits per heavy atom. The molecular weight excluding hydrogens is 237 g/mol. The number of oxazole rings is 1. The number of nitrogens with zero attached hydrogens (tertiary/aromatic N) is 2. The van der Waals surface area contributed by atoms with Crippen molar-refractivity contribution in [3.8, 4) is 0 Å². The van der Waals surface area contributed by atoms with Crippen molar-refractivity contribution in [3.63, 3.8) is 0 Å². The van der Waals surface area contributed by atoms with Crippen LogP contribution in [0.3, 0.4) is 0 Å². The second-order valence-corrected chi connectivity index (χ2v) is 3.38. The van der Waals surface area contributed by atoms with Crippen LogP contribution in [0, 0.1) is 6.92 Å². The fraction of sp³-hybridized carbons (Fsp3) is 0.667. The van der Waals surface area contributed by atoms with Gasteiger partial charge in [-0.3, -0.25) is 4.90 Å². The number of rotatable bonds is 2. The van der Waals surface area contributed by atoms with E-state index in [-0.39, 0.29) is 24.8 Å². The van der Waals surface area contributed by atoms with E-state index in [1.54, 1.807) is 0 Å². The van der Waals surface area contributed by atoms with Crippen LogP contribution in [0.15, 0.2) is 10.8 Å². The summed E-state index contributed by atoms with van der Waals surface area (Å²) in [4.78, 5) is 6.57. The SMILES string of the molecule is Cc1ocnc1CN1CCNCC1.Cl.Cl. The molecule has 0 aromatic carbocycles. The van der Waals surface area contributed by atoms with Crippen molar-refractivity contribution in [2.45, 2.75) is 13.5 Å². The molecule has 0 bridgehead atoms. The van der Waals surface area contributed by atoms with E-state index in [2.05, 4.69) is 15.2 Å². The Morgan fingerprint density at radius 1 is 1.40 bits per heavy atom. The average Bonchev–Trinajstić information content (AvgIpc) is 2.54. The standard InChI is InChI=1S/C9H15N3O.2ClH/c1-8-9(11-7-13-8)6-12-4-2-10-3-5-12;;/h7,10H,2-6H2,1H3;2*1H. The third-order valence-electron chi connectivity index (χ3n) is 2.43. The van der Waals surface area contributed by atoms with E-state index in [9.17, 15) is 0 Å². The lowest BCUT2D eigenvalue weighted by atomic mass is 10.3. The fourth-order valence-electron chi connectivity index (χ4n) is 1.56. The van der Waals surface area contributed by atoms with Gasteiger partial charge in [0, 0.05) is 32.7 Å². The van der Waals surface area contributed by atoms with Gasteiger partial charge in [-0.05, 0) is 6.92 Å². The van der Waals surface area contributed by atoms with Crippen molar-refractivity contribution in [1.82, 2.24) is 15.2 Å². The summed E-state index contributed by atoms with van der Waals surface area (Å²) in [7, 11) is 0. The van der Waals surface area contributed by atoms with Crippen LogP contribution in [0.5, 0.6) is 0 Å². The smallest absolute Gasteiger partial charge is 0.181 e. The quantitative estimate of drug-likeness (QED) is 0.862. The number of piperazine rings is 1. The fourth-order valence-corrected chi connectivity index (χ4v) is 1.56. The van der Waals surface area contributed by atoms with Crippen LogP contribution in [0.2, 0.25) is 0 Å². The summed E-state index contributed by atoms with van der Waals surface area (Å²) in [5.74, 6) is 0.943. The van der Waals surface area contributed by atoms with Crippen LogP contribution in [-0.4, -0.2) is 36.1 Å². The van der Waals surface area contributed by atoms with Crippen LogP contribution in [0.1, 0.15) is 11.5 Å². The van der Waals surface area contributed by atoms with Gasteiger partial charge in [-0.25, -0.2) is 4.98 Å². The molecule has 0 aliphatic carbocycles. The van der Waals surface area contributed by atoms with Crippen molar-refractivity contribution in [1.29, 1.82) is 0 Å². The first-order chi connectivity index (χ1) is 6.36. The molecule has 1 aliphatic heterocycles. The van der Waals surface area contributed by atoms with E-state index in [0.717, 1.165) is 44.2 Å². The first-order valence-electron chi connectivity index (χ1n) is 4.68. The van der Waals surface area contributed by atoms with E-state index in [1.807, 2.05) is 6.92 Å². The van der Waals surface area contributed by atoms with Gasteiger partial charge in [-0.2, -0.15) is 0 Å². The highest BCUT2D eigenvalue weighted by Gasteiger charge is 2.12. The predicted octanol–water partition coefficient (Wildman–Crippen LogP) is 1.23.